The Kier molecular flexibility index (Phi) is 4.65. The van der Waals surface area contributed by atoms with E-state index in [9.17, 15) is 4.79 Å². The first kappa shape index (κ1) is 21.9. The summed E-state index contributed by atoms with van der Waals surface area (Å²) in [7, 11) is 1.67. The molecule has 1 aliphatic carbocycles. The van der Waals surface area contributed by atoms with Crippen molar-refractivity contribution in [3.05, 3.63) is 47.8 Å². The van der Waals surface area contributed by atoms with Gasteiger partial charge in [0.15, 0.2) is 11.4 Å². The van der Waals surface area contributed by atoms with E-state index in [-0.39, 0.29) is 6.09 Å². The molecule has 2 aliphatic rings. The first-order chi connectivity index (χ1) is 16.6. The van der Waals surface area contributed by atoms with Gasteiger partial charge in [-0.1, -0.05) is 0 Å². The van der Waals surface area contributed by atoms with Crippen molar-refractivity contribution in [1.29, 1.82) is 0 Å². The molecule has 2 unspecified atom stereocenters. The standard InChI is InChI=1S/C26H30N6O3/c1-14-9-32-21(15(2)27-14)8-19(29-32)16-7-22(34-6)24-28-20(13-30(24)10-16)23-17-11-31(12-18(17)23)25(33)35-26(3,4)5/h7-10,13,17-18,23H,11-12H2,1-6H3. The van der Waals surface area contributed by atoms with Gasteiger partial charge in [-0.15, -0.1) is 0 Å². The number of methoxy groups -OCH3 is 1. The molecule has 6 rings (SSSR count). The van der Waals surface area contributed by atoms with Gasteiger partial charge in [0.2, 0.25) is 0 Å². The van der Waals surface area contributed by atoms with Crippen LogP contribution in [0.1, 0.15) is 43.8 Å². The predicted molar refractivity (Wildman–Crippen MR) is 131 cm³/mol. The second kappa shape index (κ2) is 7.44. The summed E-state index contributed by atoms with van der Waals surface area (Å²) in [5.41, 5.74) is 6.02. The number of likely N-dealkylation sites (tertiary alicyclic amines) is 1. The zero-order valence-corrected chi connectivity index (χ0v) is 20.9. The molecule has 2 atom stereocenters. The molecule has 4 aromatic heterocycles. The summed E-state index contributed by atoms with van der Waals surface area (Å²) in [6.07, 6.45) is 5.85. The molecule has 1 aliphatic heterocycles. The highest BCUT2D eigenvalue weighted by Crippen LogP contribution is 2.58. The summed E-state index contributed by atoms with van der Waals surface area (Å²) in [5.74, 6) is 1.91. The lowest BCUT2D eigenvalue weighted by Gasteiger charge is -2.25. The van der Waals surface area contributed by atoms with Crippen molar-refractivity contribution < 1.29 is 14.3 Å². The SMILES string of the molecule is COc1cc(-c2cc3c(C)nc(C)cn3n2)cn2cc(C3C4CN(C(=O)OC(C)(C)C)CC43)nc12. The first-order valence-corrected chi connectivity index (χ1v) is 12.0. The molecule has 0 aromatic carbocycles. The molecule has 182 valence electrons. The molecule has 1 saturated carbocycles. The Hall–Kier alpha value is -3.62. The molecule has 1 amide bonds. The minimum Gasteiger partial charge on any atom is -0.493 e. The number of rotatable bonds is 3. The van der Waals surface area contributed by atoms with E-state index in [1.165, 1.54) is 0 Å². The highest BCUT2D eigenvalue weighted by molar-refractivity contribution is 5.72. The summed E-state index contributed by atoms with van der Waals surface area (Å²) >= 11 is 0. The van der Waals surface area contributed by atoms with E-state index in [4.69, 9.17) is 19.6 Å². The molecular formula is C26H30N6O3. The number of imidazole rings is 1. The van der Waals surface area contributed by atoms with Crippen LogP contribution in [0.5, 0.6) is 5.75 Å². The van der Waals surface area contributed by atoms with Crippen molar-refractivity contribution in [2.24, 2.45) is 11.8 Å². The Morgan fingerprint density at radius 3 is 2.49 bits per heavy atom. The molecular weight excluding hydrogens is 444 g/mol. The van der Waals surface area contributed by atoms with E-state index in [2.05, 4.69) is 23.4 Å². The van der Waals surface area contributed by atoms with Crippen LogP contribution in [0.4, 0.5) is 4.79 Å². The third-order valence-corrected chi connectivity index (χ3v) is 7.00. The van der Waals surface area contributed by atoms with Crippen LogP contribution in [-0.4, -0.2) is 60.8 Å². The smallest absolute Gasteiger partial charge is 0.410 e. The summed E-state index contributed by atoms with van der Waals surface area (Å²) in [5, 5.41) is 4.78. The molecule has 9 heteroatoms. The Morgan fingerprint density at radius 2 is 1.80 bits per heavy atom. The van der Waals surface area contributed by atoms with E-state index in [0.717, 1.165) is 39.5 Å². The summed E-state index contributed by atoms with van der Waals surface area (Å²) in [4.78, 5) is 23.7. The van der Waals surface area contributed by atoms with Crippen molar-refractivity contribution in [3.8, 4) is 17.0 Å². The van der Waals surface area contributed by atoms with E-state index >= 15 is 0 Å². The van der Waals surface area contributed by atoms with Crippen molar-refractivity contribution in [1.82, 2.24) is 28.9 Å². The Morgan fingerprint density at radius 1 is 1.06 bits per heavy atom. The lowest BCUT2D eigenvalue weighted by molar-refractivity contribution is 0.0270. The van der Waals surface area contributed by atoms with Crippen LogP contribution in [0.15, 0.2) is 30.7 Å². The minimum atomic E-state index is -0.478. The lowest BCUT2D eigenvalue weighted by atomic mass is 10.2. The largest absolute Gasteiger partial charge is 0.493 e. The van der Waals surface area contributed by atoms with Crippen LogP contribution in [0.25, 0.3) is 22.4 Å². The molecule has 1 saturated heterocycles. The maximum Gasteiger partial charge on any atom is 0.410 e. The molecule has 2 fully saturated rings. The van der Waals surface area contributed by atoms with Crippen LogP contribution in [0.2, 0.25) is 0 Å². The Labute approximate surface area is 203 Å². The van der Waals surface area contributed by atoms with Crippen molar-refractivity contribution >= 4 is 17.3 Å². The van der Waals surface area contributed by atoms with Crippen molar-refractivity contribution in [3.63, 3.8) is 0 Å². The molecule has 0 N–H and O–H groups in total. The van der Waals surface area contributed by atoms with Gasteiger partial charge >= 0.3 is 6.09 Å². The number of pyridine rings is 1. The summed E-state index contributed by atoms with van der Waals surface area (Å²) in [6, 6.07) is 4.04. The number of carbonyl (C=O) groups excluding carboxylic acids is 1. The number of nitrogens with zero attached hydrogens (tertiary/aromatic N) is 6. The number of piperidine rings is 1. The quantitative estimate of drug-likeness (QED) is 0.441. The normalized spacial score (nSPS) is 21.5. The second-order valence-electron chi connectivity index (χ2n) is 10.8. The van der Waals surface area contributed by atoms with Crippen LogP contribution in [0.3, 0.4) is 0 Å². The van der Waals surface area contributed by atoms with Crippen LogP contribution >= 0.6 is 0 Å². The van der Waals surface area contributed by atoms with Crippen LogP contribution < -0.4 is 4.74 Å². The van der Waals surface area contributed by atoms with Gasteiger partial charge in [-0.05, 0) is 58.6 Å². The number of carbonyl (C=O) groups is 1. The highest BCUT2D eigenvalue weighted by atomic mass is 16.6. The third kappa shape index (κ3) is 3.69. The highest BCUT2D eigenvalue weighted by Gasteiger charge is 2.58. The van der Waals surface area contributed by atoms with Crippen LogP contribution in [-0.2, 0) is 4.74 Å². The maximum absolute atomic E-state index is 12.4. The average molecular weight is 475 g/mol. The second-order valence-corrected chi connectivity index (χ2v) is 10.8. The van der Waals surface area contributed by atoms with Gasteiger partial charge in [0.1, 0.15) is 5.60 Å². The fourth-order valence-electron chi connectivity index (χ4n) is 5.41. The van der Waals surface area contributed by atoms with Gasteiger partial charge < -0.3 is 18.8 Å². The monoisotopic (exact) mass is 474 g/mol. The lowest BCUT2D eigenvalue weighted by Crippen LogP contribution is -2.36. The zero-order valence-electron chi connectivity index (χ0n) is 20.9. The molecule has 35 heavy (non-hydrogen) atoms. The Balaban J connectivity index is 1.28. The van der Waals surface area contributed by atoms with Gasteiger partial charge in [0.05, 0.1) is 41.6 Å². The van der Waals surface area contributed by atoms with E-state index in [1.807, 2.05) is 60.7 Å². The van der Waals surface area contributed by atoms with Gasteiger partial charge in [0.25, 0.3) is 0 Å². The molecule has 0 bridgehead atoms. The average Bonchev–Trinajstić information content (AvgIpc) is 3.20. The van der Waals surface area contributed by atoms with Gasteiger partial charge in [-0.3, -0.25) is 4.98 Å². The van der Waals surface area contributed by atoms with Crippen LogP contribution in [0, 0.1) is 25.7 Å². The van der Waals surface area contributed by atoms with E-state index in [0.29, 0.717) is 36.6 Å². The molecule has 5 heterocycles. The third-order valence-electron chi connectivity index (χ3n) is 7.00. The summed E-state index contributed by atoms with van der Waals surface area (Å²) in [6.45, 7) is 11.1. The molecule has 0 radical (unpaired) electrons. The minimum absolute atomic E-state index is 0.224. The topological polar surface area (TPSA) is 86.3 Å². The molecule has 4 aromatic rings. The van der Waals surface area contributed by atoms with Crippen molar-refractivity contribution in [2.75, 3.05) is 20.2 Å². The summed E-state index contributed by atoms with van der Waals surface area (Å²) < 4.78 is 15.2. The number of fused-ring (bicyclic) bond motifs is 3. The number of ether oxygens (including phenoxy) is 2. The van der Waals surface area contributed by atoms with Gasteiger partial charge in [-0.25, -0.2) is 14.3 Å². The van der Waals surface area contributed by atoms with E-state index in [1.54, 1.807) is 7.11 Å². The zero-order chi connectivity index (χ0) is 24.6. The maximum atomic E-state index is 12.4. The Bertz CT molecular complexity index is 1470. The number of hydrogen-bond acceptors (Lipinski definition) is 6. The fraction of sp³-hybridized carbons (Fsp3) is 0.462. The van der Waals surface area contributed by atoms with Gasteiger partial charge in [0, 0.05) is 37.0 Å². The molecule has 0 spiro atoms. The number of amides is 1. The number of aromatic nitrogens is 5. The molecule has 9 nitrogen and oxygen atoms in total. The van der Waals surface area contributed by atoms with Gasteiger partial charge in [-0.2, -0.15) is 5.10 Å². The predicted octanol–water partition coefficient (Wildman–Crippen LogP) is 4.25. The van der Waals surface area contributed by atoms with Crippen molar-refractivity contribution in [2.45, 2.75) is 46.1 Å². The van der Waals surface area contributed by atoms with E-state index < -0.39 is 5.60 Å². The first-order valence-electron chi connectivity index (χ1n) is 12.0. The number of hydrogen-bond donors (Lipinski definition) is 0. The number of aryl methyl sites for hydroxylation is 2. The fourth-order valence-corrected chi connectivity index (χ4v) is 5.41.